The summed E-state index contributed by atoms with van der Waals surface area (Å²) in [5, 5.41) is 1.07. The van der Waals surface area contributed by atoms with E-state index >= 15 is 0 Å². The number of nitrogens with zero attached hydrogens (tertiary/aromatic N) is 1. The number of furan rings is 1. The highest BCUT2D eigenvalue weighted by atomic mass is 35.5. The molecule has 1 unspecified atom stereocenters. The number of carbonyl (C=O) groups is 1. The van der Waals surface area contributed by atoms with Crippen molar-refractivity contribution in [1.82, 2.24) is 4.90 Å². The lowest BCUT2D eigenvalue weighted by Crippen LogP contribution is -2.34. The molecule has 126 valence electrons. The molecule has 5 heteroatoms. The predicted molar refractivity (Wildman–Crippen MR) is 95.4 cm³/mol. The maximum Gasteiger partial charge on any atom is 0.289 e. The van der Waals surface area contributed by atoms with Crippen molar-refractivity contribution in [3.8, 4) is 0 Å². The van der Waals surface area contributed by atoms with Crippen LogP contribution in [0.5, 0.6) is 0 Å². The molecule has 1 aliphatic heterocycles. The molecule has 1 aromatic heterocycles. The highest BCUT2D eigenvalue weighted by molar-refractivity contribution is 6.00. The monoisotopic (exact) mass is 336 g/mol. The van der Waals surface area contributed by atoms with E-state index in [4.69, 9.17) is 10.2 Å². The van der Waals surface area contributed by atoms with Crippen LogP contribution in [0, 0.1) is 26.2 Å². The van der Waals surface area contributed by atoms with E-state index < -0.39 is 0 Å². The lowest BCUT2D eigenvalue weighted by Gasteiger charge is -2.22. The molecule has 3 rings (SSSR count). The molecule has 1 aromatic carbocycles. The zero-order chi connectivity index (χ0) is 16.1. The maximum atomic E-state index is 12.9. The largest absolute Gasteiger partial charge is 0.450 e. The molecule has 0 bridgehead atoms. The van der Waals surface area contributed by atoms with Crippen molar-refractivity contribution in [2.45, 2.75) is 34.1 Å². The summed E-state index contributed by atoms with van der Waals surface area (Å²) in [6.07, 6.45) is 0.951. The summed E-state index contributed by atoms with van der Waals surface area (Å²) in [4.78, 5) is 14.7. The number of benzene rings is 1. The first kappa shape index (κ1) is 17.8. The van der Waals surface area contributed by atoms with Crippen molar-refractivity contribution in [2.75, 3.05) is 19.6 Å². The number of carbonyl (C=O) groups excluding carboxylic acids is 1. The number of aryl methyl sites for hydroxylation is 3. The van der Waals surface area contributed by atoms with Crippen LogP contribution in [-0.2, 0) is 0 Å². The van der Waals surface area contributed by atoms with E-state index in [1.807, 2.05) is 24.8 Å². The average Bonchev–Trinajstić information content (AvgIpc) is 3.05. The molecule has 1 fully saturated rings. The van der Waals surface area contributed by atoms with Gasteiger partial charge in [0, 0.05) is 24.0 Å². The van der Waals surface area contributed by atoms with Gasteiger partial charge in [0.15, 0.2) is 5.76 Å². The topological polar surface area (TPSA) is 59.5 Å². The van der Waals surface area contributed by atoms with Gasteiger partial charge in [0.2, 0.25) is 0 Å². The van der Waals surface area contributed by atoms with Crippen LogP contribution in [0.1, 0.15) is 40.6 Å². The van der Waals surface area contributed by atoms with Crippen molar-refractivity contribution in [1.29, 1.82) is 0 Å². The minimum Gasteiger partial charge on any atom is -0.450 e. The van der Waals surface area contributed by atoms with Crippen molar-refractivity contribution < 1.29 is 9.21 Å². The quantitative estimate of drug-likeness (QED) is 0.911. The highest BCUT2D eigenvalue weighted by Crippen LogP contribution is 2.34. The summed E-state index contributed by atoms with van der Waals surface area (Å²) < 4.78 is 5.96. The first-order valence-corrected chi connectivity index (χ1v) is 7.85. The number of fused-ring (bicyclic) bond motifs is 1. The molecule has 1 amide bonds. The zero-order valence-electron chi connectivity index (χ0n) is 14.2. The Bertz CT molecular complexity index is 753. The summed E-state index contributed by atoms with van der Waals surface area (Å²) in [6.45, 7) is 10.2. The molecule has 0 radical (unpaired) electrons. The molecular formula is C18H25ClN2O2. The van der Waals surface area contributed by atoms with Crippen LogP contribution in [0.25, 0.3) is 11.0 Å². The van der Waals surface area contributed by atoms with Gasteiger partial charge >= 0.3 is 0 Å². The van der Waals surface area contributed by atoms with E-state index in [2.05, 4.69) is 19.9 Å². The molecule has 0 saturated carbocycles. The van der Waals surface area contributed by atoms with Gasteiger partial charge in [-0.1, -0.05) is 19.1 Å². The Morgan fingerprint density at radius 3 is 2.52 bits per heavy atom. The summed E-state index contributed by atoms with van der Waals surface area (Å²) in [6, 6.07) is 4.12. The molecule has 1 saturated heterocycles. The molecule has 1 atom stereocenters. The summed E-state index contributed by atoms with van der Waals surface area (Å²) in [5.41, 5.74) is 9.86. The second-order valence-electron chi connectivity index (χ2n) is 6.95. The number of likely N-dealkylation sites (tertiary alicyclic amines) is 1. The van der Waals surface area contributed by atoms with Gasteiger partial charge in [-0.15, -0.1) is 12.4 Å². The molecule has 23 heavy (non-hydrogen) atoms. The maximum absolute atomic E-state index is 12.9. The molecular weight excluding hydrogens is 312 g/mol. The van der Waals surface area contributed by atoms with Gasteiger partial charge in [0.25, 0.3) is 5.91 Å². The third kappa shape index (κ3) is 2.86. The van der Waals surface area contributed by atoms with E-state index in [1.54, 1.807) is 0 Å². The van der Waals surface area contributed by atoms with Crippen molar-refractivity contribution in [2.24, 2.45) is 11.1 Å². The highest BCUT2D eigenvalue weighted by Gasteiger charge is 2.36. The first-order valence-electron chi connectivity index (χ1n) is 7.85. The van der Waals surface area contributed by atoms with Gasteiger partial charge in [-0.05, 0) is 50.3 Å². The number of amides is 1. The number of hydrogen-bond acceptors (Lipinski definition) is 3. The van der Waals surface area contributed by atoms with Crippen LogP contribution < -0.4 is 5.73 Å². The minimum absolute atomic E-state index is 0. The SMILES string of the molecule is Cc1ccc(C)c2c(C)c(C(=O)N3CCC(C)(CN)C3)oc12.Cl. The van der Waals surface area contributed by atoms with Gasteiger partial charge in [-0.25, -0.2) is 0 Å². The number of hydrogen-bond donors (Lipinski definition) is 1. The van der Waals surface area contributed by atoms with Gasteiger partial charge in [0.1, 0.15) is 5.58 Å². The molecule has 2 aromatic rings. The Morgan fingerprint density at radius 1 is 1.30 bits per heavy atom. The Balaban J connectivity index is 0.00000192. The minimum atomic E-state index is -0.00956. The number of nitrogens with two attached hydrogens (primary N) is 1. The lowest BCUT2D eigenvalue weighted by molar-refractivity contribution is 0.0746. The molecule has 2 heterocycles. The molecule has 4 nitrogen and oxygen atoms in total. The second-order valence-corrected chi connectivity index (χ2v) is 6.95. The fourth-order valence-corrected chi connectivity index (χ4v) is 3.39. The predicted octanol–water partition coefficient (Wildman–Crippen LogP) is 3.59. The molecule has 2 N–H and O–H groups in total. The second kappa shape index (κ2) is 6.17. The van der Waals surface area contributed by atoms with E-state index in [1.165, 1.54) is 0 Å². The van der Waals surface area contributed by atoms with Gasteiger partial charge in [-0.2, -0.15) is 0 Å². The van der Waals surface area contributed by atoms with E-state index in [9.17, 15) is 4.79 Å². The number of rotatable bonds is 2. The van der Waals surface area contributed by atoms with E-state index in [-0.39, 0.29) is 23.7 Å². The van der Waals surface area contributed by atoms with Crippen LogP contribution in [0.2, 0.25) is 0 Å². The average molecular weight is 337 g/mol. The molecule has 0 aliphatic carbocycles. The van der Waals surface area contributed by atoms with Crippen molar-refractivity contribution in [3.63, 3.8) is 0 Å². The zero-order valence-corrected chi connectivity index (χ0v) is 15.0. The fraction of sp³-hybridized carbons (Fsp3) is 0.500. The Hall–Kier alpha value is -1.52. The van der Waals surface area contributed by atoms with E-state index in [0.29, 0.717) is 18.8 Å². The summed E-state index contributed by atoms with van der Waals surface area (Å²) in [7, 11) is 0. The smallest absolute Gasteiger partial charge is 0.289 e. The molecule has 1 aliphatic rings. The lowest BCUT2D eigenvalue weighted by atomic mass is 9.90. The van der Waals surface area contributed by atoms with Crippen LogP contribution >= 0.6 is 12.4 Å². The van der Waals surface area contributed by atoms with Crippen molar-refractivity contribution in [3.05, 3.63) is 34.6 Å². The van der Waals surface area contributed by atoms with Crippen LogP contribution in [0.4, 0.5) is 0 Å². The Kier molecular flexibility index (Phi) is 4.79. The number of halogens is 1. The first-order chi connectivity index (χ1) is 10.4. The molecule has 0 spiro atoms. The summed E-state index contributed by atoms with van der Waals surface area (Å²) in [5.74, 6) is 0.471. The third-order valence-corrected chi connectivity index (χ3v) is 5.01. The van der Waals surface area contributed by atoms with Crippen LogP contribution in [-0.4, -0.2) is 30.4 Å². The standard InChI is InChI=1S/C18H24N2O2.ClH/c1-11-5-6-12(2)15-14(11)13(3)16(22-15)17(21)20-8-7-18(4,9-19)10-20;/h5-6H,7-10,19H2,1-4H3;1H. The third-order valence-electron chi connectivity index (χ3n) is 5.01. The normalized spacial score (nSPS) is 20.8. The summed E-state index contributed by atoms with van der Waals surface area (Å²) >= 11 is 0. The van der Waals surface area contributed by atoms with Crippen molar-refractivity contribution >= 4 is 29.3 Å². The Morgan fingerprint density at radius 2 is 1.96 bits per heavy atom. The van der Waals surface area contributed by atoms with E-state index in [0.717, 1.165) is 40.6 Å². The van der Waals surface area contributed by atoms with Gasteiger partial charge < -0.3 is 15.1 Å². The van der Waals surface area contributed by atoms with Gasteiger partial charge in [0.05, 0.1) is 0 Å². The van der Waals surface area contributed by atoms with Crippen LogP contribution in [0.15, 0.2) is 16.5 Å². The van der Waals surface area contributed by atoms with Crippen LogP contribution in [0.3, 0.4) is 0 Å². The Labute approximate surface area is 143 Å². The van der Waals surface area contributed by atoms with Gasteiger partial charge in [-0.3, -0.25) is 4.79 Å². The fourth-order valence-electron chi connectivity index (χ4n) is 3.39.